The Hall–Kier alpha value is -0.610. The Morgan fingerprint density at radius 3 is 2.65 bits per heavy atom. The molecule has 1 aromatic heterocycles. The standard InChI is InChI=1S/C15H17Cl2NOS/c1-2-7-18-9-11-3-4-12(19-11)10-20-13-5-6-14(16)15(17)8-13/h3-6,8,18H,2,7,9-10H2,1H3. The Bertz CT molecular complexity index is 557. The van der Waals surface area contributed by atoms with Gasteiger partial charge in [0, 0.05) is 4.90 Å². The van der Waals surface area contributed by atoms with E-state index >= 15 is 0 Å². The van der Waals surface area contributed by atoms with Gasteiger partial charge in [0.1, 0.15) is 11.5 Å². The molecule has 0 amide bonds. The molecular formula is C15H17Cl2NOS. The monoisotopic (exact) mass is 329 g/mol. The highest BCUT2D eigenvalue weighted by Crippen LogP contribution is 2.30. The summed E-state index contributed by atoms with van der Waals surface area (Å²) in [4.78, 5) is 1.08. The van der Waals surface area contributed by atoms with Crippen LogP contribution in [-0.4, -0.2) is 6.54 Å². The molecule has 0 spiro atoms. The number of halogens is 2. The maximum Gasteiger partial charge on any atom is 0.118 e. The zero-order valence-corrected chi connectivity index (χ0v) is 13.6. The first-order valence-corrected chi connectivity index (χ1v) is 8.29. The van der Waals surface area contributed by atoms with Gasteiger partial charge in [-0.3, -0.25) is 0 Å². The zero-order valence-electron chi connectivity index (χ0n) is 11.3. The topological polar surface area (TPSA) is 25.2 Å². The van der Waals surface area contributed by atoms with Crippen molar-refractivity contribution in [1.82, 2.24) is 5.32 Å². The molecule has 108 valence electrons. The van der Waals surface area contributed by atoms with E-state index in [0.717, 1.165) is 41.7 Å². The Labute approximate surface area is 133 Å². The molecule has 0 aliphatic heterocycles. The van der Waals surface area contributed by atoms with Gasteiger partial charge in [-0.2, -0.15) is 0 Å². The van der Waals surface area contributed by atoms with Gasteiger partial charge in [0.25, 0.3) is 0 Å². The molecule has 1 aromatic carbocycles. The molecule has 5 heteroatoms. The van der Waals surface area contributed by atoms with Crippen LogP contribution in [0.25, 0.3) is 0 Å². The van der Waals surface area contributed by atoms with Crippen LogP contribution in [0.3, 0.4) is 0 Å². The number of thioether (sulfide) groups is 1. The zero-order chi connectivity index (χ0) is 14.4. The van der Waals surface area contributed by atoms with Crippen molar-refractivity contribution in [3.05, 3.63) is 51.9 Å². The van der Waals surface area contributed by atoms with Gasteiger partial charge in [0.05, 0.1) is 22.3 Å². The highest BCUT2D eigenvalue weighted by molar-refractivity contribution is 7.98. The number of benzene rings is 1. The molecule has 0 atom stereocenters. The van der Waals surface area contributed by atoms with Crippen LogP contribution in [0.4, 0.5) is 0 Å². The van der Waals surface area contributed by atoms with Crippen molar-refractivity contribution in [3.63, 3.8) is 0 Å². The largest absolute Gasteiger partial charge is 0.464 e. The van der Waals surface area contributed by atoms with Gasteiger partial charge in [0.2, 0.25) is 0 Å². The van der Waals surface area contributed by atoms with Gasteiger partial charge in [-0.1, -0.05) is 30.1 Å². The van der Waals surface area contributed by atoms with E-state index in [1.165, 1.54) is 0 Å². The first-order valence-electron chi connectivity index (χ1n) is 6.55. The predicted molar refractivity (Wildman–Crippen MR) is 86.7 cm³/mol. The number of rotatable bonds is 7. The van der Waals surface area contributed by atoms with Gasteiger partial charge in [-0.15, -0.1) is 11.8 Å². The van der Waals surface area contributed by atoms with Crippen molar-refractivity contribution in [1.29, 1.82) is 0 Å². The molecule has 0 saturated heterocycles. The highest BCUT2D eigenvalue weighted by atomic mass is 35.5. The normalized spacial score (nSPS) is 10.9. The highest BCUT2D eigenvalue weighted by Gasteiger charge is 2.04. The fourth-order valence-corrected chi connectivity index (χ4v) is 2.90. The van der Waals surface area contributed by atoms with Crippen LogP contribution in [-0.2, 0) is 12.3 Å². The van der Waals surface area contributed by atoms with E-state index < -0.39 is 0 Å². The molecule has 2 nitrogen and oxygen atoms in total. The maximum atomic E-state index is 5.99. The van der Waals surface area contributed by atoms with E-state index in [9.17, 15) is 0 Å². The smallest absolute Gasteiger partial charge is 0.118 e. The minimum Gasteiger partial charge on any atom is -0.464 e. The summed E-state index contributed by atoms with van der Waals surface area (Å²) in [6.07, 6.45) is 1.13. The minimum absolute atomic E-state index is 0.582. The molecule has 0 radical (unpaired) electrons. The van der Waals surface area contributed by atoms with Gasteiger partial charge >= 0.3 is 0 Å². The minimum atomic E-state index is 0.582. The molecule has 0 unspecified atom stereocenters. The first-order chi connectivity index (χ1) is 9.69. The Morgan fingerprint density at radius 1 is 1.10 bits per heavy atom. The van der Waals surface area contributed by atoms with Gasteiger partial charge in [-0.25, -0.2) is 0 Å². The second kappa shape index (κ2) is 7.99. The molecule has 2 aromatic rings. The van der Waals surface area contributed by atoms with Crippen molar-refractivity contribution >= 4 is 35.0 Å². The summed E-state index contributed by atoms with van der Waals surface area (Å²) >= 11 is 13.6. The lowest BCUT2D eigenvalue weighted by atomic mass is 10.4. The lowest BCUT2D eigenvalue weighted by molar-refractivity contribution is 0.459. The van der Waals surface area contributed by atoms with Crippen LogP contribution < -0.4 is 5.32 Å². The van der Waals surface area contributed by atoms with Crippen LogP contribution in [0.1, 0.15) is 24.9 Å². The maximum absolute atomic E-state index is 5.99. The van der Waals surface area contributed by atoms with Crippen molar-refractivity contribution in [2.24, 2.45) is 0 Å². The number of hydrogen-bond acceptors (Lipinski definition) is 3. The third kappa shape index (κ3) is 4.74. The summed E-state index contributed by atoms with van der Waals surface area (Å²) in [5.74, 6) is 2.73. The van der Waals surface area contributed by atoms with Gasteiger partial charge in [0.15, 0.2) is 0 Å². The quantitative estimate of drug-likeness (QED) is 0.545. The van der Waals surface area contributed by atoms with E-state index in [2.05, 4.69) is 12.2 Å². The molecule has 0 aliphatic rings. The van der Waals surface area contributed by atoms with Crippen LogP contribution in [0.5, 0.6) is 0 Å². The van der Waals surface area contributed by atoms with Crippen molar-refractivity contribution in [2.45, 2.75) is 30.5 Å². The average Bonchev–Trinajstić information content (AvgIpc) is 2.88. The summed E-state index contributed by atoms with van der Waals surface area (Å²) < 4.78 is 5.76. The predicted octanol–water partition coefficient (Wildman–Crippen LogP) is 5.38. The van der Waals surface area contributed by atoms with Gasteiger partial charge < -0.3 is 9.73 Å². The van der Waals surface area contributed by atoms with E-state index in [-0.39, 0.29) is 0 Å². The van der Waals surface area contributed by atoms with E-state index in [1.807, 2.05) is 30.3 Å². The Balaban J connectivity index is 1.85. The lowest BCUT2D eigenvalue weighted by Crippen LogP contribution is -2.12. The van der Waals surface area contributed by atoms with Crippen molar-refractivity contribution in [2.75, 3.05) is 6.54 Å². The molecule has 2 rings (SSSR count). The number of furan rings is 1. The number of hydrogen-bond donors (Lipinski definition) is 1. The molecule has 0 aliphatic carbocycles. The third-order valence-corrected chi connectivity index (χ3v) is 4.47. The Morgan fingerprint density at radius 2 is 1.90 bits per heavy atom. The van der Waals surface area contributed by atoms with Crippen molar-refractivity contribution in [3.8, 4) is 0 Å². The summed E-state index contributed by atoms with van der Waals surface area (Å²) in [7, 11) is 0. The molecule has 0 fully saturated rings. The second-order valence-electron chi connectivity index (χ2n) is 4.41. The second-order valence-corrected chi connectivity index (χ2v) is 6.27. The van der Waals surface area contributed by atoms with Crippen molar-refractivity contribution < 1.29 is 4.42 Å². The Kier molecular flexibility index (Phi) is 6.30. The third-order valence-electron chi connectivity index (χ3n) is 2.72. The molecule has 0 saturated carbocycles. The molecule has 1 heterocycles. The molecule has 20 heavy (non-hydrogen) atoms. The summed E-state index contributed by atoms with van der Waals surface area (Å²) in [5.41, 5.74) is 0. The van der Waals surface area contributed by atoms with E-state index in [0.29, 0.717) is 10.0 Å². The van der Waals surface area contributed by atoms with Gasteiger partial charge in [-0.05, 0) is 43.3 Å². The molecular weight excluding hydrogens is 313 g/mol. The van der Waals surface area contributed by atoms with E-state index in [1.54, 1.807) is 11.8 Å². The first kappa shape index (κ1) is 15.8. The number of nitrogens with one attached hydrogen (secondary N) is 1. The van der Waals surface area contributed by atoms with Crippen LogP contribution in [0.15, 0.2) is 39.6 Å². The van der Waals surface area contributed by atoms with Crippen LogP contribution in [0.2, 0.25) is 10.0 Å². The van der Waals surface area contributed by atoms with Crippen LogP contribution in [0, 0.1) is 0 Å². The summed E-state index contributed by atoms with van der Waals surface area (Å²) in [6.45, 7) is 3.94. The summed E-state index contributed by atoms with van der Waals surface area (Å²) in [5, 5.41) is 4.49. The molecule has 1 N–H and O–H groups in total. The lowest BCUT2D eigenvalue weighted by Gasteiger charge is -2.02. The molecule has 0 bridgehead atoms. The fraction of sp³-hybridized carbons (Fsp3) is 0.333. The average molecular weight is 330 g/mol. The van der Waals surface area contributed by atoms with Crippen LogP contribution >= 0.6 is 35.0 Å². The fourth-order valence-electron chi connectivity index (χ4n) is 1.70. The SMILES string of the molecule is CCCNCc1ccc(CSc2ccc(Cl)c(Cl)c2)o1. The van der Waals surface area contributed by atoms with E-state index in [4.69, 9.17) is 27.6 Å². The summed E-state index contributed by atoms with van der Waals surface area (Å²) in [6, 6.07) is 9.70.